The van der Waals surface area contributed by atoms with Gasteiger partial charge >= 0.3 is 17.9 Å². The molecule has 40 heavy (non-hydrogen) atoms. The molecule has 0 spiro atoms. The number of carbonyl (C=O) groups excluding carboxylic acids is 3. The predicted octanol–water partition coefficient (Wildman–Crippen LogP) is 5.91. The van der Waals surface area contributed by atoms with Crippen LogP contribution >= 0.6 is 0 Å². The minimum absolute atomic E-state index is 0.0250. The highest BCUT2D eigenvalue weighted by Crippen LogP contribution is 2.74. The van der Waals surface area contributed by atoms with Gasteiger partial charge in [0.25, 0.3) is 0 Å². The van der Waals surface area contributed by atoms with Gasteiger partial charge in [-0.15, -0.1) is 0 Å². The first-order valence-electron chi connectivity index (χ1n) is 15.6. The van der Waals surface area contributed by atoms with Crippen LogP contribution < -0.4 is 0 Å². The summed E-state index contributed by atoms with van der Waals surface area (Å²) >= 11 is 0. The maximum atomic E-state index is 13.4. The van der Waals surface area contributed by atoms with Crippen LogP contribution in [-0.4, -0.2) is 47.4 Å². The standard InChI is InChI=1S/C33H50O7/c1-18(34)16-27(36)40-26-17-25-31(6)14-9-13-30(5,20(3)39-21(4)35)23(31)12-15-32(25,7)24-11-10-22-19(2)38-29(37)28(22)33(24,26)8/h18-20,23-26,34H,9-17H2,1-8H3/t18-,19-,20-,23-,24-,25+,26-,30+,31-,32-,33+/m0/s1. The van der Waals surface area contributed by atoms with Crippen LogP contribution in [0.5, 0.6) is 0 Å². The van der Waals surface area contributed by atoms with Crippen molar-refractivity contribution in [3.05, 3.63) is 11.1 Å². The molecule has 11 atom stereocenters. The molecule has 0 aromatic rings. The Morgan fingerprint density at radius 2 is 1.70 bits per heavy atom. The summed E-state index contributed by atoms with van der Waals surface area (Å²) in [5, 5.41) is 9.95. The first-order chi connectivity index (χ1) is 18.6. The zero-order chi connectivity index (χ0) is 29.4. The number of rotatable bonds is 5. The summed E-state index contributed by atoms with van der Waals surface area (Å²) in [6.07, 6.45) is 5.97. The first kappa shape index (κ1) is 29.6. The second kappa shape index (κ2) is 9.84. The number of fused-ring (bicyclic) bond motifs is 6. The molecule has 0 amide bonds. The van der Waals surface area contributed by atoms with Crippen LogP contribution in [0.15, 0.2) is 11.1 Å². The van der Waals surface area contributed by atoms with E-state index in [1.165, 1.54) is 6.92 Å². The van der Waals surface area contributed by atoms with E-state index in [9.17, 15) is 19.5 Å². The Morgan fingerprint density at radius 1 is 1.02 bits per heavy atom. The van der Waals surface area contributed by atoms with Gasteiger partial charge in [0.2, 0.25) is 0 Å². The van der Waals surface area contributed by atoms with Crippen LogP contribution in [0.4, 0.5) is 0 Å². The van der Waals surface area contributed by atoms with E-state index in [0.717, 1.165) is 56.1 Å². The quantitative estimate of drug-likeness (QED) is 0.331. The lowest BCUT2D eigenvalue weighted by atomic mass is 9.34. The van der Waals surface area contributed by atoms with Crippen LogP contribution in [0.1, 0.15) is 113 Å². The molecule has 0 aromatic heterocycles. The monoisotopic (exact) mass is 558 g/mol. The van der Waals surface area contributed by atoms with E-state index < -0.39 is 23.6 Å². The zero-order valence-electron chi connectivity index (χ0n) is 25.8. The smallest absolute Gasteiger partial charge is 0.335 e. The number of hydrogen-bond acceptors (Lipinski definition) is 7. The summed E-state index contributed by atoms with van der Waals surface area (Å²) in [5.74, 6) is -0.0870. The average Bonchev–Trinajstić information content (AvgIpc) is 3.13. The van der Waals surface area contributed by atoms with E-state index in [2.05, 4.69) is 34.6 Å². The second-order valence-electron chi connectivity index (χ2n) is 14.9. The Balaban J connectivity index is 1.59. The molecule has 0 saturated heterocycles. The first-order valence-corrected chi connectivity index (χ1v) is 15.6. The highest BCUT2D eigenvalue weighted by molar-refractivity contribution is 5.94. The molecule has 1 N–H and O–H groups in total. The van der Waals surface area contributed by atoms with Gasteiger partial charge in [0.1, 0.15) is 18.3 Å². The molecule has 5 rings (SSSR count). The number of carbonyl (C=O) groups is 3. The Hall–Kier alpha value is -1.89. The largest absolute Gasteiger partial charge is 0.462 e. The van der Waals surface area contributed by atoms with Crippen LogP contribution in [0, 0.1) is 39.4 Å². The molecule has 0 bridgehead atoms. The maximum absolute atomic E-state index is 13.4. The topological polar surface area (TPSA) is 99.1 Å². The molecule has 0 aromatic carbocycles. The van der Waals surface area contributed by atoms with E-state index in [0.29, 0.717) is 12.3 Å². The Bertz CT molecular complexity index is 1110. The van der Waals surface area contributed by atoms with E-state index in [1.807, 2.05) is 6.92 Å². The minimum atomic E-state index is -0.791. The fourth-order valence-electron chi connectivity index (χ4n) is 11.0. The molecule has 7 heteroatoms. The van der Waals surface area contributed by atoms with Crippen LogP contribution in [-0.2, 0) is 28.6 Å². The molecule has 3 saturated carbocycles. The normalized spacial score (nSPS) is 45.7. The molecule has 7 nitrogen and oxygen atoms in total. The van der Waals surface area contributed by atoms with Gasteiger partial charge in [-0.05, 0) is 99.9 Å². The van der Waals surface area contributed by atoms with Gasteiger partial charge in [-0.2, -0.15) is 0 Å². The Morgan fingerprint density at radius 3 is 2.35 bits per heavy atom. The zero-order valence-corrected chi connectivity index (χ0v) is 25.8. The molecule has 3 fully saturated rings. The Kier molecular flexibility index (Phi) is 7.28. The van der Waals surface area contributed by atoms with E-state index in [1.54, 1.807) is 6.92 Å². The maximum Gasteiger partial charge on any atom is 0.335 e. The molecule has 5 aliphatic rings. The van der Waals surface area contributed by atoms with Gasteiger partial charge in [0, 0.05) is 23.3 Å². The van der Waals surface area contributed by atoms with Gasteiger partial charge in [-0.1, -0.05) is 34.1 Å². The van der Waals surface area contributed by atoms with E-state index in [-0.39, 0.29) is 58.6 Å². The van der Waals surface area contributed by atoms with E-state index >= 15 is 0 Å². The van der Waals surface area contributed by atoms with Crippen molar-refractivity contribution in [1.82, 2.24) is 0 Å². The molecular formula is C33H50O7. The lowest BCUT2D eigenvalue weighted by Gasteiger charge is -2.70. The third-order valence-electron chi connectivity index (χ3n) is 12.8. The van der Waals surface area contributed by atoms with Gasteiger partial charge in [-0.3, -0.25) is 9.59 Å². The predicted molar refractivity (Wildman–Crippen MR) is 150 cm³/mol. The highest BCUT2D eigenvalue weighted by Gasteiger charge is 2.70. The van der Waals surface area contributed by atoms with Gasteiger partial charge in [-0.25, -0.2) is 4.79 Å². The van der Waals surface area contributed by atoms with Crippen molar-refractivity contribution in [2.24, 2.45) is 39.4 Å². The van der Waals surface area contributed by atoms with Crippen molar-refractivity contribution >= 4 is 17.9 Å². The molecule has 224 valence electrons. The number of esters is 3. The minimum Gasteiger partial charge on any atom is -0.462 e. The SMILES string of the molecule is CC(=O)O[C@@H](C)[C@@]1(C)CCC[C@@]2(C)[C@H]1CC[C@]1(C)[C@@H]2C[C@H](OC(=O)C[C@H](C)O)[C@]2(C)C3=C(CC[C@@H]12)[C@H](C)OC3=O. The fraction of sp³-hybridized carbons (Fsp3) is 0.848. The summed E-state index contributed by atoms with van der Waals surface area (Å²) in [7, 11) is 0. The Labute approximate surface area is 239 Å². The van der Waals surface area contributed by atoms with Crippen LogP contribution in [0.25, 0.3) is 0 Å². The van der Waals surface area contributed by atoms with Crippen molar-refractivity contribution < 1.29 is 33.7 Å². The number of cyclic esters (lactones) is 1. The summed E-state index contributed by atoms with van der Waals surface area (Å²) < 4.78 is 17.9. The van der Waals surface area contributed by atoms with Gasteiger partial charge in [0.15, 0.2) is 0 Å². The molecule has 0 radical (unpaired) electrons. The van der Waals surface area contributed by atoms with Crippen molar-refractivity contribution in [1.29, 1.82) is 0 Å². The number of ether oxygens (including phenoxy) is 3. The number of hydrogen-bond donors (Lipinski definition) is 1. The van der Waals surface area contributed by atoms with Crippen molar-refractivity contribution in [2.45, 2.75) is 138 Å². The third-order valence-corrected chi connectivity index (χ3v) is 12.8. The lowest BCUT2D eigenvalue weighted by molar-refractivity contribution is -0.237. The van der Waals surface area contributed by atoms with Crippen LogP contribution in [0.2, 0.25) is 0 Å². The van der Waals surface area contributed by atoms with Gasteiger partial charge in [0.05, 0.1) is 12.5 Å². The number of aliphatic hydroxyl groups is 1. The van der Waals surface area contributed by atoms with Crippen molar-refractivity contribution in [3.8, 4) is 0 Å². The number of aliphatic hydroxyl groups excluding tert-OH is 1. The summed E-state index contributed by atoms with van der Waals surface area (Å²) in [6.45, 7) is 16.4. The van der Waals surface area contributed by atoms with Crippen molar-refractivity contribution in [2.75, 3.05) is 0 Å². The average molecular weight is 559 g/mol. The summed E-state index contributed by atoms with van der Waals surface area (Å²) in [4.78, 5) is 38.5. The summed E-state index contributed by atoms with van der Waals surface area (Å²) in [5.41, 5.74) is 0.981. The molecule has 1 aliphatic heterocycles. The summed E-state index contributed by atoms with van der Waals surface area (Å²) in [6, 6.07) is 0. The fourth-order valence-corrected chi connectivity index (χ4v) is 11.0. The second-order valence-corrected chi connectivity index (χ2v) is 14.9. The third kappa shape index (κ3) is 4.19. The van der Waals surface area contributed by atoms with Gasteiger partial charge < -0.3 is 19.3 Å². The molecule has 1 heterocycles. The molecule has 4 aliphatic carbocycles. The molecular weight excluding hydrogens is 508 g/mol. The molecule has 0 unspecified atom stereocenters. The van der Waals surface area contributed by atoms with Crippen LogP contribution in [0.3, 0.4) is 0 Å². The highest BCUT2D eigenvalue weighted by atomic mass is 16.6. The van der Waals surface area contributed by atoms with E-state index in [4.69, 9.17) is 14.2 Å². The van der Waals surface area contributed by atoms with Crippen molar-refractivity contribution in [3.63, 3.8) is 0 Å². The lowest BCUT2D eigenvalue weighted by Crippen LogP contribution is -2.67.